The van der Waals surface area contributed by atoms with E-state index >= 15 is 0 Å². The Labute approximate surface area is 171 Å². The number of nitrogens with zero attached hydrogens (tertiary/aromatic N) is 2. The highest BCUT2D eigenvalue weighted by Gasteiger charge is 2.51. The van der Waals surface area contributed by atoms with Crippen molar-refractivity contribution in [3.63, 3.8) is 0 Å². The highest BCUT2D eigenvalue weighted by atomic mass is 16.6. The molecule has 0 saturated carbocycles. The molecule has 29 heavy (non-hydrogen) atoms. The first-order valence-corrected chi connectivity index (χ1v) is 10.2. The van der Waals surface area contributed by atoms with Crippen molar-refractivity contribution in [1.82, 2.24) is 25.8 Å². The molecule has 7 atom stereocenters. The summed E-state index contributed by atoms with van der Waals surface area (Å²) >= 11 is 0. The first-order valence-electron chi connectivity index (χ1n) is 10.2. The van der Waals surface area contributed by atoms with Gasteiger partial charge in [-0.2, -0.15) is 0 Å². The number of likely N-dealkylation sites (N-methyl/N-ethyl adjacent to an activating group) is 1. The van der Waals surface area contributed by atoms with E-state index in [9.17, 15) is 10.2 Å². The van der Waals surface area contributed by atoms with Crippen molar-refractivity contribution in [2.24, 2.45) is 5.73 Å². The Morgan fingerprint density at radius 2 is 2.00 bits per heavy atom. The summed E-state index contributed by atoms with van der Waals surface area (Å²) in [6, 6.07) is 10.1. The van der Waals surface area contributed by atoms with Gasteiger partial charge in [-0.05, 0) is 19.2 Å². The van der Waals surface area contributed by atoms with Gasteiger partial charge in [-0.1, -0.05) is 18.2 Å². The van der Waals surface area contributed by atoms with Crippen LogP contribution in [-0.4, -0.2) is 103 Å². The van der Waals surface area contributed by atoms with Crippen molar-refractivity contribution in [3.8, 4) is 0 Å². The molecule has 0 radical (unpaired) electrons. The second-order valence-electron chi connectivity index (χ2n) is 8.06. The van der Waals surface area contributed by atoms with Crippen molar-refractivity contribution >= 4 is 5.69 Å². The minimum Gasteiger partial charge on any atom is -0.387 e. The monoisotopic (exact) mass is 407 g/mol. The van der Waals surface area contributed by atoms with Crippen molar-refractivity contribution in [1.29, 1.82) is 0 Å². The van der Waals surface area contributed by atoms with Gasteiger partial charge in [0.15, 0.2) is 0 Å². The number of fused-ring (bicyclic) bond motifs is 1. The second-order valence-corrected chi connectivity index (χ2v) is 8.06. The summed E-state index contributed by atoms with van der Waals surface area (Å²) in [4.78, 5) is 4.11. The quantitative estimate of drug-likeness (QED) is 0.260. The molecule has 3 fully saturated rings. The molecule has 3 unspecified atom stereocenters. The Bertz CT molecular complexity index is 654. The predicted molar refractivity (Wildman–Crippen MR) is 110 cm³/mol. The van der Waals surface area contributed by atoms with Crippen molar-refractivity contribution in [2.75, 3.05) is 45.3 Å². The summed E-state index contributed by atoms with van der Waals surface area (Å²) in [5.41, 5.74) is 7.20. The molecule has 1 aromatic rings. The summed E-state index contributed by atoms with van der Waals surface area (Å²) in [5.74, 6) is 0. The Kier molecular flexibility index (Phi) is 6.64. The summed E-state index contributed by atoms with van der Waals surface area (Å²) in [6.45, 7) is 3.24. The molecular formula is C19H33N7O3. The number of aliphatic hydroxyl groups excluding tert-OH is 2. The smallest absolute Gasteiger partial charge is 0.142 e. The summed E-state index contributed by atoms with van der Waals surface area (Å²) < 4.78 is 6.11. The van der Waals surface area contributed by atoms with Gasteiger partial charge in [0.25, 0.3) is 0 Å². The van der Waals surface area contributed by atoms with Gasteiger partial charge in [0.1, 0.15) is 24.5 Å². The van der Waals surface area contributed by atoms with E-state index in [1.54, 1.807) is 0 Å². The number of nitrogens with one attached hydrogen (secondary N) is 4. The number of para-hydroxylation sites is 1. The van der Waals surface area contributed by atoms with Gasteiger partial charge in [0.05, 0.1) is 25.0 Å². The third-order valence-electron chi connectivity index (χ3n) is 6.00. The lowest BCUT2D eigenvalue weighted by atomic mass is 10.1. The van der Waals surface area contributed by atoms with Gasteiger partial charge in [0.2, 0.25) is 0 Å². The van der Waals surface area contributed by atoms with Crippen LogP contribution < -0.4 is 27.0 Å². The largest absolute Gasteiger partial charge is 0.387 e. The summed E-state index contributed by atoms with van der Waals surface area (Å²) in [6.07, 6.45) is -3.15. The second kappa shape index (κ2) is 9.21. The molecule has 3 heterocycles. The van der Waals surface area contributed by atoms with Crippen LogP contribution in [0.1, 0.15) is 0 Å². The number of hydrogen-bond donors (Lipinski definition) is 7. The maximum Gasteiger partial charge on any atom is 0.142 e. The lowest BCUT2D eigenvalue weighted by molar-refractivity contribution is -0.106. The van der Waals surface area contributed by atoms with E-state index in [4.69, 9.17) is 10.5 Å². The Morgan fingerprint density at radius 1 is 1.21 bits per heavy atom. The minimum absolute atomic E-state index is 0.0162. The van der Waals surface area contributed by atoms with E-state index in [0.29, 0.717) is 19.9 Å². The van der Waals surface area contributed by atoms with E-state index in [1.165, 1.54) is 0 Å². The van der Waals surface area contributed by atoms with Gasteiger partial charge in [0, 0.05) is 32.0 Å². The molecular weight excluding hydrogens is 374 g/mol. The van der Waals surface area contributed by atoms with Crippen LogP contribution in [-0.2, 0) is 4.74 Å². The predicted octanol–water partition coefficient (Wildman–Crippen LogP) is -2.53. The molecule has 3 aliphatic rings. The number of benzene rings is 1. The van der Waals surface area contributed by atoms with Gasteiger partial charge in [-0.25, -0.2) is 4.90 Å². The molecule has 0 aliphatic carbocycles. The van der Waals surface area contributed by atoms with Gasteiger partial charge in [-0.15, -0.1) is 0 Å². The molecule has 0 aromatic heterocycles. The third kappa shape index (κ3) is 4.55. The Morgan fingerprint density at radius 3 is 2.79 bits per heavy atom. The van der Waals surface area contributed by atoms with E-state index < -0.39 is 24.5 Å². The number of nitrogens with two attached hydrogens (primary N) is 1. The summed E-state index contributed by atoms with van der Waals surface area (Å²) in [5, 5.41) is 34.4. The van der Waals surface area contributed by atoms with E-state index in [1.807, 2.05) is 42.3 Å². The molecule has 0 amide bonds. The zero-order valence-electron chi connectivity index (χ0n) is 16.7. The topological polar surface area (TPSA) is 130 Å². The standard InChI is InChI=1S/C19H33N7O3/c1-25(8-7-21-12-5-3-2-4-6-12)9-13-15(27)16(28)19(29-13)26-11-24-14-17(20)22-10-23-18(14)26/h2-6,13-19,21-24,27-28H,7-11,20H2,1H3/t13-,14?,15-,16-,17?,18?,19-/m1/s1. The fraction of sp³-hybridized carbons (Fsp3) is 0.684. The maximum absolute atomic E-state index is 10.6. The zero-order chi connectivity index (χ0) is 20.4. The van der Waals surface area contributed by atoms with E-state index in [-0.39, 0.29) is 18.4 Å². The van der Waals surface area contributed by atoms with E-state index in [0.717, 1.165) is 18.8 Å². The van der Waals surface area contributed by atoms with Crippen molar-refractivity contribution in [2.45, 2.75) is 42.9 Å². The van der Waals surface area contributed by atoms with Gasteiger partial charge in [-0.3, -0.25) is 16.0 Å². The fourth-order valence-corrected chi connectivity index (χ4v) is 4.35. The first kappa shape index (κ1) is 20.9. The van der Waals surface area contributed by atoms with Crippen molar-refractivity contribution < 1.29 is 14.9 Å². The molecule has 3 aliphatic heterocycles. The highest BCUT2D eigenvalue weighted by Crippen LogP contribution is 2.28. The number of aliphatic hydroxyl groups is 2. The van der Waals surface area contributed by atoms with Crippen LogP contribution in [0.5, 0.6) is 0 Å². The maximum atomic E-state index is 10.6. The van der Waals surface area contributed by atoms with Crippen LogP contribution in [0.15, 0.2) is 30.3 Å². The number of ether oxygens (including phenoxy) is 1. The lowest BCUT2D eigenvalue weighted by Gasteiger charge is -2.38. The Balaban J connectivity index is 1.28. The zero-order valence-corrected chi connectivity index (χ0v) is 16.7. The molecule has 0 spiro atoms. The average molecular weight is 408 g/mol. The molecule has 4 rings (SSSR count). The molecule has 1 aromatic carbocycles. The number of rotatable bonds is 7. The number of anilines is 1. The van der Waals surface area contributed by atoms with Gasteiger partial charge < -0.3 is 30.9 Å². The van der Waals surface area contributed by atoms with Crippen LogP contribution in [0, 0.1) is 0 Å². The highest BCUT2D eigenvalue weighted by molar-refractivity contribution is 5.42. The third-order valence-corrected chi connectivity index (χ3v) is 6.00. The van der Waals surface area contributed by atoms with Crippen LogP contribution in [0.2, 0.25) is 0 Å². The molecule has 8 N–H and O–H groups in total. The van der Waals surface area contributed by atoms with Gasteiger partial charge >= 0.3 is 0 Å². The SMILES string of the molecule is CN(CCNc1ccccc1)C[C@H]1O[C@@H](N2CNC3C(N)NCNC32)[C@H](O)[C@@H]1O. The molecule has 3 saturated heterocycles. The van der Waals surface area contributed by atoms with Crippen LogP contribution in [0.4, 0.5) is 5.69 Å². The van der Waals surface area contributed by atoms with Crippen molar-refractivity contribution in [3.05, 3.63) is 30.3 Å². The first-order chi connectivity index (χ1) is 14.0. The molecule has 10 nitrogen and oxygen atoms in total. The normalized spacial score (nSPS) is 37.8. The van der Waals surface area contributed by atoms with Crippen LogP contribution in [0.3, 0.4) is 0 Å². The molecule has 162 valence electrons. The van der Waals surface area contributed by atoms with Crippen LogP contribution in [0.25, 0.3) is 0 Å². The fourth-order valence-electron chi connectivity index (χ4n) is 4.35. The molecule has 10 heteroatoms. The molecule has 0 bridgehead atoms. The lowest BCUT2D eigenvalue weighted by Crippen LogP contribution is -2.68. The van der Waals surface area contributed by atoms with E-state index in [2.05, 4.69) is 26.2 Å². The summed E-state index contributed by atoms with van der Waals surface area (Å²) in [7, 11) is 1.99. The minimum atomic E-state index is -0.968. The number of hydrogen-bond acceptors (Lipinski definition) is 10. The Hall–Kier alpha value is -1.34. The average Bonchev–Trinajstić information content (AvgIpc) is 3.26. The van der Waals surface area contributed by atoms with Crippen LogP contribution >= 0.6 is 0 Å².